The Balaban J connectivity index is 2.33. The third kappa shape index (κ3) is 5.15. The average molecular weight is 247 g/mol. The van der Waals surface area contributed by atoms with Crippen LogP contribution in [-0.2, 0) is 4.79 Å². The van der Waals surface area contributed by atoms with Gasteiger partial charge in [-0.25, -0.2) is 0 Å². The van der Waals surface area contributed by atoms with Crippen molar-refractivity contribution < 1.29 is 9.90 Å². The van der Waals surface area contributed by atoms with Crippen LogP contribution in [0.25, 0.3) is 6.08 Å². The van der Waals surface area contributed by atoms with Crippen LogP contribution in [0.2, 0.25) is 0 Å². The second kappa shape index (κ2) is 8.48. The highest BCUT2D eigenvalue weighted by atomic mass is 16.3. The monoisotopic (exact) mass is 247 g/mol. The van der Waals surface area contributed by atoms with Gasteiger partial charge in [0, 0.05) is 19.5 Å². The molecule has 0 spiro atoms. The maximum absolute atomic E-state index is 11.8. The minimum atomic E-state index is 0.0272. The van der Waals surface area contributed by atoms with Gasteiger partial charge in [-0.3, -0.25) is 4.79 Å². The molecule has 0 fully saturated rings. The summed E-state index contributed by atoms with van der Waals surface area (Å²) in [6, 6.07) is 10.0. The quantitative estimate of drug-likeness (QED) is 0.803. The van der Waals surface area contributed by atoms with E-state index >= 15 is 0 Å². The molecular formula is C15H21NO2. The second-order valence-corrected chi connectivity index (χ2v) is 4.05. The van der Waals surface area contributed by atoms with Gasteiger partial charge in [0.05, 0.1) is 6.61 Å². The largest absolute Gasteiger partial charge is 0.395 e. The molecule has 1 aromatic rings. The number of allylic oxidation sites excluding steroid dienone is 1. The second-order valence-electron chi connectivity index (χ2n) is 4.05. The molecule has 1 N–H and O–H groups in total. The van der Waals surface area contributed by atoms with E-state index in [9.17, 15) is 4.79 Å². The van der Waals surface area contributed by atoms with E-state index in [4.69, 9.17) is 5.11 Å². The lowest BCUT2D eigenvalue weighted by Gasteiger charge is -2.19. The van der Waals surface area contributed by atoms with Gasteiger partial charge in [-0.05, 0) is 18.9 Å². The molecule has 98 valence electrons. The molecule has 0 aliphatic carbocycles. The first-order valence-electron chi connectivity index (χ1n) is 6.38. The lowest BCUT2D eigenvalue weighted by atomic mass is 10.2. The number of aliphatic hydroxyl groups is 1. The first-order valence-corrected chi connectivity index (χ1v) is 6.38. The molecule has 3 nitrogen and oxygen atoms in total. The summed E-state index contributed by atoms with van der Waals surface area (Å²) in [5.74, 6) is 0.101. The van der Waals surface area contributed by atoms with Crippen molar-refractivity contribution >= 4 is 12.0 Å². The summed E-state index contributed by atoms with van der Waals surface area (Å²) in [7, 11) is 0. The number of nitrogens with zero attached hydrogens (tertiary/aromatic N) is 1. The fourth-order valence-corrected chi connectivity index (χ4v) is 1.73. The molecule has 0 saturated heterocycles. The lowest BCUT2D eigenvalue weighted by molar-refractivity contribution is -0.131. The van der Waals surface area contributed by atoms with E-state index in [1.54, 1.807) is 4.90 Å². The summed E-state index contributed by atoms with van der Waals surface area (Å²) in [6.45, 7) is 3.03. The average Bonchev–Trinajstić information content (AvgIpc) is 2.42. The maximum atomic E-state index is 11.8. The number of aliphatic hydroxyl groups excluding tert-OH is 1. The van der Waals surface area contributed by atoms with Crippen LogP contribution in [0.3, 0.4) is 0 Å². The Kier molecular flexibility index (Phi) is 6.81. The molecule has 1 amide bonds. The predicted molar refractivity (Wildman–Crippen MR) is 74.0 cm³/mol. The van der Waals surface area contributed by atoms with Crippen LogP contribution in [0.5, 0.6) is 0 Å². The van der Waals surface area contributed by atoms with Crippen LogP contribution in [0.4, 0.5) is 0 Å². The van der Waals surface area contributed by atoms with Gasteiger partial charge in [0.15, 0.2) is 0 Å². The molecule has 0 aromatic heterocycles. The molecule has 0 aliphatic rings. The molecule has 0 atom stereocenters. The van der Waals surface area contributed by atoms with Crippen molar-refractivity contribution in [2.75, 3.05) is 19.7 Å². The standard InChI is InChI=1S/C15H21NO2/c1-2-16(12-13-17)15(18)11-7-6-10-14-8-4-3-5-9-14/h3-6,8-10,17H,2,7,11-13H2,1H3/b10-6+. The van der Waals surface area contributed by atoms with E-state index in [2.05, 4.69) is 0 Å². The smallest absolute Gasteiger partial charge is 0.222 e. The van der Waals surface area contributed by atoms with Gasteiger partial charge in [0.25, 0.3) is 0 Å². The van der Waals surface area contributed by atoms with Crippen LogP contribution >= 0.6 is 0 Å². The van der Waals surface area contributed by atoms with Gasteiger partial charge in [-0.2, -0.15) is 0 Å². The number of rotatable bonds is 7. The Morgan fingerprint density at radius 3 is 2.67 bits per heavy atom. The Morgan fingerprint density at radius 2 is 2.06 bits per heavy atom. The molecule has 0 bridgehead atoms. The summed E-state index contributed by atoms with van der Waals surface area (Å²) in [6.07, 6.45) is 5.27. The van der Waals surface area contributed by atoms with Crippen LogP contribution in [0.15, 0.2) is 36.4 Å². The highest BCUT2D eigenvalue weighted by Crippen LogP contribution is 2.04. The van der Waals surface area contributed by atoms with E-state index in [0.29, 0.717) is 19.5 Å². The summed E-state index contributed by atoms with van der Waals surface area (Å²) in [4.78, 5) is 13.4. The minimum absolute atomic E-state index is 0.0272. The molecule has 0 heterocycles. The zero-order valence-electron chi connectivity index (χ0n) is 10.9. The van der Waals surface area contributed by atoms with Crippen molar-refractivity contribution in [3.63, 3.8) is 0 Å². The SMILES string of the molecule is CCN(CCO)C(=O)CC/C=C/c1ccccc1. The topological polar surface area (TPSA) is 40.5 Å². The third-order valence-electron chi connectivity index (χ3n) is 2.74. The molecular weight excluding hydrogens is 226 g/mol. The predicted octanol–water partition coefficient (Wildman–Crippen LogP) is 2.32. The van der Waals surface area contributed by atoms with Crippen molar-refractivity contribution in [3.8, 4) is 0 Å². The third-order valence-corrected chi connectivity index (χ3v) is 2.74. The van der Waals surface area contributed by atoms with Gasteiger partial charge in [0.1, 0.15) is 0 Å². The molecule has 1 aromatic carbocycles. The van der Waals surface area contributed by atoms with E-state index in [1.165, 1.54) is 0 Å². The Morgan fingerprint density at radius 1 is 1.33 bits per heavy atom. The van der Waals surface area contributed by atoms with Crippen LogP contribution in [0, 0.1) is 0 Å². The van der Waals surface area contributed by atoms with Crippen molar-refractivity contribution in [3.05, 3.63) is 42.0 Å². The van der Waals surface area contributed by atoms with E-state index in [0.717, 1.165) is 12.0 Å². The van der Waals surface area contributed by atoms with Crippen LogP contribution < -0.4 is 0 Å². The first kappa shape index (κ1) is 14.5. The molecule has 0 aliphatic heterocycles. The Labute approximate surface area is 109 Å². The molecule has 0 radical (unpaired) electrons. The number of benzene rings is 1. The zero-order valence-corrected chi connectivity index (χ0v) is 10.9. The van der Waals surface area contributed by atoms with E-state index < -0.39 is 0 Å². The van der Waals surface area contributed by atoms with Gasteiger partial charge in [-0.1, -0.05) is 42.5 Å². The molecule has 1 rings (SSSR count). The highest BCUT2D eigenvalue weighted by Gasteiger charge is 2.08. The minimum Gasteiger partial charge on any atom is -0.395 e. The fraction of sp³-hybridized carbons (Fsp3) is 0.400. The molecule has 0 saturated carbocycles. The van der Waals surface area contributed by atoms with Crippen LogP contribution in [-0.4, -0.2) is 35.6 Å². The van der Waals surface area contributed by atoms with Crippen molar-refractivity contribution in [2.24, 2.45) is 0 Å². The first-order chi connectivity index (χ1) is 8.77. The molecule has 18 heavy (non-hydrogen) atoms. The maximum Gasteiger partial charge on any atom is 0.222 e. The number of hydrogen-bond acceptors (Lipinski definition) is 2. The van der Waals surface area contributed by atoms with Crippen molar-refractivity contribution in [2.45, 2.75) is 19.8 Å². The fourth-order valence-electron chi connectivity index (χ4n) is 1.73. The highest BCUT2D eigenvalue weighted by molar-refractivity contribution is 5.76. The summed E-state index contributed by atoms with van der Waals surface area (Å²) < 4.78 is 0. The van der Waals surface area contributed by atoms with E-state index in [-0.39, 0.29) is 12.5 Å². The summed E-state index contributed by atoms with van der Waals surface area (Å²) in [5, 5.41) is 8.83. The summed E-state index contributed by atoms with van der Waals surface area (Å²) >= 11 is 0. The van der Waals surface area contributed by atoms with Gasteiger partial charge < -0.3 is 10.0 Å². The number of likely N-dealkylation sites (N-methyl/N-ethyl adjacent to an activating group) is 1. The van der Waals surface area contributed by atoms with Gasteiger partial charge in [-0.15, -0.1) is 0 Å². The Bertz CT molecular complexity index is 373. The number of hydrogen-bond donors (Lipinski definition) is 1. The molecule has 0 unspecified atom stereocenters. The van der Waals surface area contributed by atoms with Gasteiger partial charge in [0.2, 0.25) is 5.91 Å². The zero-order chi connectivity index (χ0) is 13.2. The molecule has 3 heteroatoms. The van der Waals surface area contributed by atoms with Crippen LogP contribution in [0.1, 0.15) is 25.3 Å². The lowest BCUT2D eigenvalue weighted by Crippen LogP contribution is -2.32. The number of carbonyl (C=O) groups excluding carboxylic acids is 1. The van der Waals surface area contributed by atoms with Crippen molar-refractivity contribution in [1.82, 2.24) is 4.90 Å². The normalized spacial score (nSPS) is 10.8. The number of carbonyl (C=O) groups is 1. The van der Waals surface area contributed by atoms with Gasteiger partial charge >= 0.3 is 0 Å². The van der Waals surface area contributed by atoms with Crippen molar-refractivity contribution in [1.29, 1.82) is 0 Å². The number of amides is 1. The van der Waals surface area contributed by atoms with E-state index in [1.807, 2.05) is 49.4 Å². The Hall–Kier alpha value is -1.61. The summed E-state index contributed by atoms with van der Waals surface area (Å²) in [5.41, 5.74) is 1.15.